The molecule has 0 aliphatic rings. The van der Waals surface area contributed by atoms with Crippen LogP contribution in [0.25, 0.3) is 11.3 Å². The molecule has 2 aromatic rings. The smallest absolute Gasteiger partial charge is 0.406 e. The van der Waals surface area contributed by atoms with Crippen molar-refractivity contribution < 1.29 is 17.9 Å². The Morgan fingerprint density at radius 2 is 1.77 bits per heavy atom. The number of hydrogen-bond acceptors (Lipinski definition) is 4. The minimum absolute atomic E-state index is 0.0886. The van der Waals surface area contributed by atoms with Gasteiger partial charge in [-0.2, -0.15) is 0 Å². The Balaban J connectivity index is 2.38. The molecule has 1 heterocycles. The van der Waals surface area contributed by atoms with Crippen molar-refractivity contribution in [3.8, 4) is 17.0 Å². The van der Waals surface area contributed by atoms with Crippen molar-refractivity contribution in [2.24, 2.45) is 0 Å². The number of rotatable bonds is 5. The molecule has 0 amide bonds. The molecule has 0 fully saturated rings. The second-order valence-electron chi connectivity index (χ2n) is 5.64. The lowest BCUT2D eigenvalue weighted by Gasteiger charge is -2.13. The van der Waals surface area contributed by atoms with E-state index >= 15 is 0 Å². The van der Waals surface area contributed by atoms with Crippen molar-refractivity contribution in [1.82, 2.24) is 9.97 Å². The number of aromatic nitrogens is 2. The Kier molecular flexibility index (Phi) is 6.58. The predicted octanol–water partition coefficient (Wildman–Crippen LogP) is 6.80. The standard InChI is InChI=1S/C18H18ClF3N2OS/c1-5-10(2)12(4)26-16-11(3)15(23-17(19)24-16)13-6-8-14(9-7-13)25-18(20,21)22/h6-9H,5H2,1-4H3/b12-10+. The lowest BCUT2D eigenvalue weighted by atomic mass is 10.1. The number of alkyl halides is 3. The fourth-order valence-corrected chi connectivity index (χ4v) is 3.36. The summed E-state index contributed by atoms with van der Waals surface area (Å²) in [5.41, 5.74) is 3.27. The molecule has 0 bridgehead atoms. The summed E-state index contributed by atoms with van der Waals surface area (Å²) in [7, 11) is 0. The molecule has 0 aliphatic carbocycles. The highest BCUT2D eigenvalue weighted by Crippen LogP contribution is 2.35. The van der Waals surface area contributed by atoms with Gasteiger partial charge in [-0.25, -0.2) is 9.97 Å². The van der Waals surface area contributed by atoms with Crippen LogP contribution in [0, 0.1) is 6.92 Å². The van der Waals surface area contributed by atoms with E-state index in [0.29, 0.717) is 11.3 Å². The van der Waals surface area contributed by atoms with Gasteiger partial charge in [-0.15, -0.1) is 13.2 Å². The summed E-state index contributed by atoms with van der Waals surface area (Å²) in [5, 5.41) is 0.812. The highest BCUT2D eigenvalue weighted by Gasteiger charge is 2.31. The summed E-state index contributed by atoms with van der Waals surface area (Å²) < 4.78 is 40.7. The van der Waals surface area contributed by atoms with E-state index in [0.717, 1.165) is 21.9 Å². The van der Waals surface area contributed by atoms with E-state index in [1.807, 2.05) is 13.8 Å². The van der Waals surface area contributed by atoms with Crippen molar-refractivity contribution >= 4 is 23.4 Å². The van der Waals surface area contributed by atoms with Crippen LogP contribution < -0.4 is 4.74 Å². The second kappa shape index (κ2) is 8.31. The molecule has 3 nitrogen and oxygen atoms in total. The molecule has 0 spiro atoms. The first-order valence-corrected chi connectivity index (χ1v) is 9.04. The molecular weight excluding hydrogens is 385 g/mol. The number of thioether (sulfide) groups is 1. The van der Waals surface area contributed by atoms with Crippen molar-refractivity contribution in [2.75, 3.05) is 0 Å². The van der Waals surface area contributed by atoms with Crippen LogP contribution in [0.1, 0.15) is 32.8 Å². The topological polar surface area (TPSA) is 35.0 Å². The fourth-order valence-electron chi connectivity index (χ4n) is 2.15. The minimum atomic E-state index is -4.72. The van der Waals surface area contributed by atoms with Crippen LogP contribution in [-0.2, 0) is 0 Å². The zero-order valence-electron chi connectivity index (χ0n) is 14.7. The van der Waals surface area contributed by atoms with Gasteiger partial charge in [0.05, 0.1) is 5.69 Å². The fraction of sp³-hybridized carbons (Fsp3) is 0.333. The van der Waals surface area contributed by atoms with Gasteiger partial charge >= 0.3 is 6.36 Å². The first-order chi connectivity index (χ1) is 12.1. The summed E-state index contributed by atoms with van der Waals surface area (Å²) in [6.07, 6.45) is -3.79. The maximum Gasteiger partial charge on any atom is 0.573 e. The van der Waals surface area contributed by atoms with Crippen LogP contribution in [-0.4, -0.2) is 16.3 Å². The number of benzene rings is 1. The van der Waals surface area contributed by atoms with E-state index in [9.17, 15) is 13.2 Å². The van der Waals surface area contributed by atoms with Crippen LogP contribution in [0.15, 0.2) is 39.8 Å². The molecule has 26 heavy (non-hydrogen) atoms. The van der Waals surface area contributed by atoms with E-state index in [2.05, 4.69) is 28.6 Å². The van der Waals surface area contributed by atoms with Crippen molar-refractivity contribution in [2.45, 2.75) is 45.5 Å². The number of allylic oxidation sites excluding steroid dienone is 2. The maximum absolute atomic E-state index is 12.3. The van der Waals surface area contributed by atoms with Crippen LogP contribution in [0.4, 0.5) is 13.2 Å². The predicted molar refractivity (Wildman–Crippen MR) is 98.4 cm³/mol. The highest BCUT2D eigenvalue weighted by molar-refractivity contribution is 8.03. The van der Waals surface area contributed by atoms with Crippen LogP contribution >= 0.6 is 23.4 Å². The van der Waals surface area contributed by atoms with Gasteiger partial charge in [0.25, 0.3) is 0 Å². The second-order valence-corrected chi connectivity index (χ2v) is 7.18. The average molecular weight is 403 g/mol. The Hall–Kier alpha value is -1.73. The van der Waals surface area contributed by atoms with E-state index in [4.69, 9.17) is 11.6 Å². The zero-order valence-corrected chi connectivity index (χ0v) is 16.3. The molecule has 0 saturated heterocycles. The summed E-state index contributed by atoms with van der Waals surface area (Å²) in [4.78, 5) is 9.66. The van der Waals surface area contributed by atoms with Crippen LogP contribution in [0.2, 0.25) is 5.28 Å². The zero-order chi connectivity index (χ0) is 19.5. The summed E-state index contributed by atoms with van der Waals surface area (Å²) in [6, 6.07) is 5.53. The van der Waals surface area contributed by atoms with Gasteiger partial charge in [0.2, 0.25) is 5.28 Å². The Labute approximate surface area is 159 Å². The Morgan fingerprint density at radius 1 is 1.15 bits per heavy atom. The van der Waals surface area contributed by atoms with Gasteiger partial charge < -0.3 is 4.74 Å². The SMILES string of the molecule is CC/C(C)=C(\C)Sc1nc(Cl)nc(-c2ccc(OC(F)(F)F)cc2)c1C. The first-order valence-electron chi connectivity index (χ1n) is 7.85. The Bertz CT molecular complexity index is 820. The maximum atomic E-state index is 12.3. The quantitative estimate of drug-likeness (QED) is 0.313. The number of halogens is 4. The molecule has 0 aliphatic heterocycles. The van der Waals surface area contributed by atoms with E-state index in [1.165, 1.54) is 41.6 Å². The van der Waals surface area contributed by atoms with E-state index in [1.54, 1.807) is 0 Å². The first kappa shape index (κ1) is 20.6. The van der Waals surface area contributed by atoms with Gasteiger partial charge in [-0.3, -0.25) is 0 Å². The molecule has 0 unspecified atom stereocenters. The summed E-state index contributed by atoms with van der Waals surface area (Å²) in [5.74, 6) is -0.286. The van der Waals surface area contributed by atoms with Crippen molar-refractivity contribution in [3.63, 3.8) is 0 Å². The summed E-state index contributed by atoms with van der Waals surface area (Å²) in [6.45, 7) is 8.01. The lowest BCUT2D eigenvalue weighted by molar-refractivity contribution is -0.274. The average Bonchev–Trinajstić information content (AvgIpc) is 2.56. The molecule has 1 aromatic carbocycles. The van der Waals surface area contributed by atoms with Crippen molar-refractivity contribution in [3.05, 3.63) is 45.6 Å². The van der Waals surface area contributed by atoms with Gasteiger partial charge in [0.15, 0.2) is 0 Å². The van der Waals surface area contributed by atoms with Crippen LogP contribution in [0.3, 0.4) is 0 Å². The highest BCUT2D eigenvalue weighted by atomic mass is 35.5. The van der Waals surface area contributed by atoms with Gasteiger partial charge in [0.1, 0.15) is 10.8 Å². The molecule has 2 rings (SSSR count). The molecule has 140 valence electrons. The molecule has 0 saturated carbocycles. The lowest BCUT2D eigenvalue weighted by Crippen LogP contribution is -2.16. The minimum Gasteiger partial charge on any atom is -0.406 e. The Morgan fingerprint density at radius 3 is 2.31 bits per heavy atom. The van der Waals surface area contributed by atoms with Gasteiger partial charge in [0, 0.05) is 11.1 Å². The summed E-state index contributed by atoms with van der Waals surface area (Å²) >= 11 is 7.57. The molecule has 8 heteroatoms. The normalized spacial score (nSPS) is 12.8. The van der Waals surface area contributed by atoms with E-state index < -0.39 is 6.36 Å². The molecule has 0 radical (unpaired) electrons. The molecule has 1 aromatic heterocycles. The molecule has 0 N–H and O–H groups in total. The number of nitrogens with zero attached hydrogens (tertiary/aromatic N) is 2. The number of ether oxygens (including phenoxy) is 1. The monoisotopic (exact) mass is 402 g/mol. The molecule has 0 atom stereocenters. The van der Waals surface area contributed by atoms with Gasteiger partial charge in [-0.1, -0.05) is 24.3 Å². The van der Waals surface area contributed by atoms with Gasteiger partial charge in [-0.05, 0) is 68.0 Å². The third kappa shape index (κ3) is 5.38. The third-order valence-electron chi connectivity index (χ3n) is 3.82. The number of hydrogen-bond donors (Lipinski definition) is 0. The van der Waals surface area contributed by atoms with Crippen LogP contribution in [0.5, 0.6) is 5.75 Å². The third-order valence-corrected chi connectivity index (χ3v) is 5.23. The van der Waals surface area contributed by atoms with E-state index in [-0.39, 0.29) is 11.0 Å². The largest absolute Gasteiger partial charge is 0.573 e. The molecular formula is C18H18ClF3N2OS. The van der Waals surface area contributed by atoms with Crippen molar-refractivity contribution in [1.29, 1.82) is 0 Å².